The summed E-state index contributed by atoms with van der Waals surface area (Å²) < 4.78 is 5.38. The summed E-state index contributed by atoms with van der Waals surface area (Å²) >= 11 is 0. The zero-order chi connectivity index (χ0) is 19.1. The van der Waals surface area contributed by atoms with Gasteiger partial charge in [-0.1, -0.05) is 12.1 Å². The molecule has 134 valence electrons. The quantitative estimate of drug-likeness (QED) is 0.695. The van der Waals surface area contributed by atoms with Crippen LogP contribution in [0, 0.1) is 11.3 Å². The molecule has 0 saturated carbocycles. The highest BCUT2D eigenvalue weighted by atomic mass is 16.5. The van der Waals surface area contributed by atoms with Gasteiger partial charge in [-0.25, -0.2) is 9.97 Å². The first kappa shape index (κ1) is 17.9. The lowest BCUT2D eigenvalue weighted by Gasteiger charge is -2.09. The van der Waals surface area contributed by atoms with Crippen molar-refractivity contribution in [2.45, 2.75) is 6.92 Å². The molecular weight excluding hydrogens is 342 g/mol. The monoisotopic (exact) mass is 359 g/mol. The summed E-state index contributed by atoms with van der Waals surface area (Å²) in [6, 6.07) is 17.8. The van der Waals surface area contributed by atoms with Gasteiger partial charge in [0, 0.05) is 11.8 Å². The number of aromatic nitrogens is 2. The van der Waals surface area contributed by atoms with E-state index < -0.39 is 0 Å². The molecule has 2 N–H and O–H groups in total. The number of carbonyl (C=O) groups excluding carboxylic acids is 1. The number of hydrogen-bond acceptors (Lipinski definition) is 6. The van der Waals surface area contributed by atoms with Crippen LogP contribution in [0.5, 0.6) is 5.75 Å². The number of anilines is 3. The minimum atomic E-state index is -0.363. The second kappa shape index (κ2) is 8.45. The van der Waals surface area contributed by atoms with Crippen molar-refractivity contribution in [2.75, 3.05) is 17.2 Å². The van der Waals surface area contributed by atoms with Crippen LogP contribution in [0.4, 0.5) is 17.2 Å². The summed E-state index contributed by atoms with van der Waals surface area (Å²) in [5, 5.41) is 15.0. The fraction of sp³-hybridized carbons (Fsp3) is 0.100. The molecule has 0 unspecified atom stereocenters. The Morgan fingerprint density at radius 3 is 2.67 bits per heavy atom. The Bertz CT molecular complexity index is 980. The fourth-order valence-electron chi connectivity index (χ4n) is 2.37. The summed E-state index contributed by atoms with van der Waals surface area (Å²) in [4.78, 5) is 20.6. The number of benzene rings is 2. The van der Waals surface area contributed by atoms with E-state index in [-0.39, 0.29) is 11.6 Å². The molecule has 1 aromatic heterocycles. The molecule has 3 rings (SSSR count). The van der Waals surface area contributed by atoms with Gasteiger partial charge in [0.2, 0.25) is 0 Å². The molecule has 3 aromatic rings. The van der Waals surface area contributed by atoms with Crippen molar-refractivity contribution in [1.82, 2.24) is 9.97 Å². The Kier molecular flexibility index (Phi) is 5.60. The van der Waals surface area contributed by atoms with Gasteiger partial charge in [-0.15, -0.1) is 0 Å². The van der Waals surface area contributed by atoms with E-state index in [1.54, 1.807) is 42.5 Å². The van der Waals surface area contributed by atoms with Crippen LogP contribution in [-0.2, 0) is 0 Å². The van der Waals surface area contributed by atoms with Crippen molar-refractivity contribution in [1.29, 1.82) is 5.26 Å². The molecule has 27 heavy (non-hydrogen) atoms. The molecule has 0 fully saturated rings. The standard InChI is InChI=1S/C20H17N5O2/c1-2-27-16-9-7-15(8-10-16)24-20(26)18-11-19(23-13-22-18)25-17-6-4-3-5-14(17)12-21/h3-11,13H,2H2,1H3,(H,24,26)(H,22,23,25). The second-order valence-corrected chi connectivity index (χ2v) is 5.48. The molecule has 1 amide bonds. The maximum absolute atomic E-state index is 12.4. The molecule has 7 heteroatoms. The van der Waals surface area contributed by atoms with Gasteiger partial charge in [0.05, 0.1) is 17.9 Å². The number of nitrogens with zero attached hydrogens (tertiary/aromatic N) is 3. The molecule has 0 aliphatic heterocycles. The third-order valence-electron chi connectivity index (χ3n) is 3.63. The smallest absolute Gasteiger partial charge is 0.274 e. The first-order chi connectivity index (χ1) is 13.2. The van der Waals surface area contributed by atoms with E-state index in [4.69, 9.17) is 10.00 Å². The molecule has 2 aromatic carbocycles. The SMILES string of the molecule is CCOc1ccc(NC(=O)c2cc(Nc3ccccc3C#N)ncn2)cc1. The number of nitrogens with one attached hydrogen (secondary N) is 2. The second-order valence-electron chi connectivity index (χ2n) is 5.48. The number of nitriles is 1. The van der Waals surface area contributed by atoms with Gasteiger partial charge in [0.1, 0.15) is 29.7 Å². The van der Waals surface area contributed by atoms with E-state index in [2.05, 4.69) is 26.7 Å². The van der Waals surface area contributed by atoms with Gasteiger partial charge < -0.3 is 15.4 Å². The van der Waals surface area contributed by atoms with Crippen LogP contribution in [0.2, 0.25) is 0 Å². The number of hydrogen-bond donors (Lipinski definition) is 2. The molecule has 0 spiro atoms. The van der Waals surface area contributed by atoms with Gasteiger partial charge in [-0.3, -0.25) is 4.79 Å². The van der Waals surface area contributed by atoms with Crippen molar-refractivity contribution >= 4 is 23.1 Å². The van der Waals surface area contributed by atoms with Crippen molar-refractivity contribution < 1.29 is 9.53 Å². The van der Waals surface area contributed by atoms with Crippen molar-refractivity contribution in [2.24, 2.45) is 0 Å². The van der Waals surface area contributed by atoms with E-state index in [1.807, 2.05) is 13.0 Å². The largest absolute Gasteiger partial charge is 0.494 e. The van der Waals surface area contributed by atoms with Crippen molar-refractivity contribution in [3.8, 4) is 11.8 Å². The van der Waals surface area contributed by atoms with E-state index in [0.29, 0.717) is 29.4 Å². The average Bonchev–Trinajstić information content (AvgIpc) is 2.70. The van der Waals surface area contributed by atoms with Crippen LogP contribution in [0.25, 0.3) is 0 Å². The molecular formula is C20H17N5O2. The number of para-hydroxylation sites is 1. The van der Waals surface area contributed by atoms with Crippen LogP contribution in [-0.4, -0.2) is 22.5 Å². The number of amides is 1. The summed E-state index contributed by atoms with van der Waals surface area (Å²) in [7, 11) is 0. The van der Waals surface area contributed by atoms with E-state index >= 15 is 0 Å². The molecule has 0 aliphatic carbocycles. The van der Waals surface area contributed by atoms with Crippen LogP contribution in [0.15, 0.2) is 60.9 Å². The highest BCUT2D eigenvalue weighted by Gasteiger charge is 2.10. The summed E-state index contributed by atoms with van der Waals surface area (Å²) in [5.74, 6) is 0.794. The summed E-state index contributed by atoms with van der Waals surface area (Å²) in [6.07, 6.45) is 1.30. The fourth-order valence-corrected chi connectivity index (χ4v) is 2.37. The lowest BCUT2D eigenvalue weighted by molar-refractivity contribution is 0.102. The Labute approximate surface area is 156 Å². The lowest BCUT2D eigenvalue weighted by Crippen LogP contribution is -2.14. The third kappa shape index (κ3) is 4.58. The van der Waals surface area contributed by atoms with Crippen LogP contribution >= 0.6 is 0 Å². The lowest BCUT2D eigenvalue weighted by atomic mass is 10.2. The Morgan fingerprint density at radius 1 is 1.15 bits per heavy atom. The van der Waals surface area contributed by atoms with E-state index in [9.17, 15) is 4.79 Å². The van der Waals surface area contributed by atoms with E-state index in [0.717, 1.165) is 5.75 Å². The zero-order valence-corrected chi connectivity index (χ0v) is 14.6. The first-order valence-corrected chi connectivity index (χ1v) is 8.32. The zero-order valence-electron chi connectivity index (χ0n) is 14.6. The third-order valence-corrected chi connectivity index (χ3v) is 3.63. The number of rotatable bonds is 6. The molecule has 0 bridgehead atoms. The average molecular weight is 359 g/mol. The number of carbonyl (C=O) groups is 1. The Balaban J connectivity index is 1.73. The molecule has 0 atom stereocenters. The van der Waals surface area contributed by atoms with Crippen LogP contribution in [0.3, 0.4) is 0 Å². The normalized spacial score (nSPS) is 9.93. The topological polar surface area (TPSA) is 99.9 Å². The highest BCUT2D eigenvalue weighted by Crippen LogP contribution is 2.20. The molecule has 1 heterocycles. The first-order valence-electron chi connectivity index (χ1n) is 8.32. The molecule has 7 nitrogen and oxygen atoms in total. The van der Waals surface area contributed by atoms with Gasteiger partial charge >= 0.3 is 0 Å². The minimum Gasteiger partial charge on any atom is -0.494 e. The predicted octanol–water partition coefficient (Wildman–Crippen LogP) is 3.74. The highest BCUT2D eigenvalue weighted by molar-refractivity contribution is 6.03. The van der Waals surface area contributed by atoms with E-state index in [1.165, 1.54) is 12.4 Å². The molecule has 0 saturated heterocycles. The van der Waals surface area contributed by atoms with Gasteiger partial charge in [-0.2, -0.15) is 5.26 Å². The summed E-state index contributed by atoms with van der Waals surface area (Å²) in [5.41, 5.74) is 1.93. The van der Waals surface area contributed by atoms with Gasteiger partial charge in [0.25, 0.3) is 5.91 Å². The maximum atomic E-state index is 12.4. The summed E-state index contributed by atoms with van der Waals surface area (Å²) in [6.45, 7) is 2.49. The number of ether oxygens (including phenoxy) is 1. The van der Waals surface area contributed by atoms with Crippen molar-refractivity contribution in [3.63, 3.8) is 0 Å². The Morgan fingerprint density at radius 2 is 1.93 bits per heavy atom. The van der Waals surface area contributed by atoms with Crippen molar-refractivity contribution in [3.05, 3.63) is 72.2 Å². The Hall–Kier alpha value is -3.92. The molecule has 0 aliphatic rings. The maximum Gasteiger partial charge on any atom is 0.274 e. The van der Waals surface area contributed by atoms with Gasteiger partial charge in [0.15, 0.2) is 0 Å². The van der Waals surface area contributed by atoms with Gasteiger partial charge in [-0.05, 0) is 43.3 Å². The minimum absolute atomic E-state index is 0.204. The predicted molar refractivity (Wildman–Crippen MR) is 102 cm³/mol. The van der Waals surface area contributed by atoms with Crippen LogP contribution < -0.4 is 15.4 Å². The molecule has 0 radical (unpaired) electrons. The van der Waals surface area contributed by atoms with Crippen LogP contribution in [0.1, 0.15) is 23.0 Å².